The van der Waals surface area contributed by atoms with Crippen LogP contribution in [0, 0.1) is 0 Å². The van der Waals surface area contributed by atoms with E-state index in [1.165, 1.54) is 0 Å². The molecule has 7 heteroatoms. The minimum absolute atomic E-state index is 0.0137. The molecule has 0 saturated heterocycles. The van der Waals surface area contributed by atoms with Gasteiger partial charge in [-0.2, -0.15) is 0 Å². The number of rotatable bonds is 5. The van der Waals surface area contributed by atoms with Crippen LogP contribution in [0.3, 0.4) is 0 Å². The molecule has 1 heterocycles. The van der Waals surface area contributed by atoms with Crippen LogP contribution in [-0.4, -0.2) is 35.1 Å². The van der Waals surface area contributed by atoms with Crippen LogP contribution in [0.15, 0.2) is 36.4 Å². The van der Waals surface area contributed by atoms with E-state index < -0.39 is 82.4 Å². The number of carbonyl (C=O) groups is 2. The Kier molecular flexibility index (Phi) is 2.05. The number of aromatic nitrogens is 1. The fraction of sp³-hybridized carbons (Fsp3) is 0.0714. The molecular weight excluding hydrogens is 296 g/mol. The fourth-order valence-electron chi connectivity index (χ4n) is 1.28. The summed E-state index contributed by atoms with van der Waals surface area (Å²) in [6, 6.07) is -3.45. The average molecular weight is 316 g/mol. The number of hydrogen-bond donors (Lipinski definition) is 3. The minimum Gasteiger partial charge on any atom is -0.505 e. The van der Waals surface area contributed by atoms with Gasteiger partial charge in [-0.15, -0.1) is 0 Å². The predicted molar refractivity (Wildman–Crippen MR) is 76.3 cm³/mol. The number of amides is 1. The number of carboxylic acids is 1. The van der Waals surface area contributed by atoms with E-state index in [-0.39, 0.29) is 5.31 Å². The SMILES string of the molecule is [2H]OC(=O)CN([2H])C(=O)c1nc([2H])c(-c2c([2H])c([2H])c([2H])c(Cl)c2[2H])c([2H])c1O[2H]. The Balaban J connectivity index is 2.74. The van der Waals surface area contributed by atoms with Gasteiger partial charge in [0, 0.05) is 16.8 Å². The third-order valence-electron chi connectivity index (χ3n) is 2.13. The lowest BCUT2D eigenvalue weighted by Crippen LogP contribution is -2.29. The first kappa shape index (κ1) is 6.91. The van der Waals surface area contributed by atoms with Crippen molar-refractivity contribution in [3.05, 3.63) is 47.1 Å². The van der Waals surface area contributed by atoms with Crippen LogP contribution >= 0.6 is 11.6 Å². The summed E-state index contributed by atoms with van der Waals surface area (Å²) in [7, 11) is 0. The number of aliphatic carboxylic acids is 1. The lowest BCUT2D eigenvalue weighted by molar-refractivity contribution is -0.135. The summed E-state index contributed by atoms with van der Waals surface area (Å²) in [5, 5.41) is 7.35. The van der Waals surface area contributed by atoms with Gasteiger partial charge in [0.2, 0.25) is 0 Å². The normalized spacial score (nSPS) is 15.8. The molecule has 0 radical (unpaired) electrons. The van der Waals surface area contributed by atoms with Crippen LogP contribution in [0.5, 0.6) is 5.75 Å². The van der Waals surface area contributed by atoms with Gasteiger partial charge < -0.3 is 15.5 Å². The first-order chi connectivity index (χ1) is 14.0. The zero-order valence-electron chi connectivity index (χ0n) is 19.1. The Morgan fingerprint density at radius 1 is 1.43 bits per heavy atom. The third kappa shape index (κ3) is 3.70. The molecule has 0 bridgehead atoms. The number of pyridine rings is 1. The first-order valence-electron chi connectivity index (χ1n) is 9.61. The highest BCUT2D eigenvalue weighted by Gasteiger charge is 2.14. The van der Waals surface area contributed by atoms with E-state index >= 15 is 0 Å². The molecule has 0 unspecified atom stereocenters. The second-order valence-corrected chi connectivity index (χ2v) is 3.96. The Morgan fingerprint density at radius 2 is 2.29 bits per heavy atom. The second-order valence-electron chi connectivity index (χ2n) is 3.58. The Bertz CT molecular complexity index is 1020. The summed E-state index contributed by atoms with van der Waals surface area (Å²) >= 11 is 5.84. The molecule has 0 aliphatic rings. The summed E-state index contributed by atoms with van der Waals surface area (Å²) in [5.74, 6) is -3.46. The van der Waals surface area contributed by atoms with Crippen LogP contribution in [0.2, 0.25) is 6.43 Å². The Morgan fingerprint density at radius 3 is 3.05 bits per heavy atom. The van der Waals surface area contributed by atoms with Crippen molar-refractivity contribution >= 4 is 23.5 Å². The van der Waals surface area contributed by atoms with Crippen molar-refractivity contribution in [1.29, 1.82) is 2.86 Å². The fourth-order valence-corrected chi connectivity index (χ4v) is 1.43. The highest BCUT2D eigenvalue weighted by Crippen LogP contribution is 2.26. The van der Waals surface area contributed by atoms with Gasteiger partial charge in [0.25, 0.3) is 8.77 Å². The second kappa shape index (κ2) is 6.23. The van der Waals surface area contributed by atoms with E-state index in [0.717, 1.165) is 0 Å². The van der Waals surface area contributed by atoms with E-state index in [2.05, 4.69) is 15.2 Å². The molecular formula is C14H11ClN2O4. The lowest BCUT2D eigenvalue weighted by atomic mass is 10.1. The lowest BCUT2D eigenvalue weighted by Gasteiger charge is -2.07. The molecule has 1 amide bonds. The van der Waals surface area contributed by atoms with Crippen LogP contribution in [-0.2, 0) is 4.79 Å². The van der Waals surface area contributed by atoms with Crippen LogP contribution in [0.25, 0.3) is 12.6 Å². The molecule has 21 heavy (non-hydrogen) atoms. The van der Waals surface area contributed by atoms with Crippen molar-refractivity contribution in [2.24, 2.45) is 0 Å². The molecule has 6 nitrogen and oxygen atoms in total. The van der Waals surface area contributed by atoms with E-state index in [0.29, 0.717) is 0 Å². The van der Waals surface area contributed by atoms with Gasteiger partial charge in [0.1, 0.15) is 12.3 Å². The Hall–Kier alpha value is -2.60. The molecule has 1 aromatic heterocycles. The van der Waals surface area contributed by atoms with E-state index in [9.17, 15) is 9.59 Å². The van der Waals surface area contributed by atoms with Gasteiger partial charge in [-0.3, -0.25) is 9.59 Å². The monoisotopic (exact) mass is 315 g/mol. The number of hydrogen-bond acceptors (Lipinski definition) is 5. The summed E-state index contributed by atoms with van der Waals surface area (Å²) in [4.78, 5) is 27.0. The quantitative estimate of drug-likeness (QED) is 0.783. The van der Waals surface area contributed by atoms with Crippen LogP contribution < -0.4 is 5.31 Å². The zero-order chi connectivity index (χ0) is 22.9. The molecule has 0 fully saturated rings. The van der Waals surface area contributed by atoms with Crippen molar-refractivity contribution in [2.45, 2.75) is 0 Å². The van der Waals surface area contributed by atoms with Gasteiger partial charge in [-0.05, 0) is 23.7 Å². The highest BCUT2D eigenvalue weighted by atomic mass is 35.5. The number of nitrogens with one attached hydrogen (secondary N) is 1. The van der Waals surface area contributed by atoms with Crippen molar-refractivity contribution in [1.82, 2.24) is 10.3 Å². The van der Waals surface area contributed by atoms with Crippen LogP contribution in [0.4, 0.5) is 0 Å². The molecule has 2 aromatic rings. The van der Waals surface area contributed by atoms with Crippen molar-refractivity contribution < 1.29 is 29.4 Å². The smallest absolute Gasteiger partial charge is 0.322 e. The first-order valence-corrected chi connectivity index (χ1v) is 5.72. The standard InChI is InChI=1S/C14H11ClN2O4/c15-10-3-1-2-8(4-10)9-5-11(18)13(16-6-9)14(21)17-7-12(19)20/h1-6,18H,7H2,(H,17,21)(H,19,20)/i1D,2D,3D,4D,5D,6D/hD3. The minimum atomic E-state index is -1.35. The number of halogens is 1. The van der Waals surface area contributed by atoms with Crippen LogP contribution in [0.1, 0.15) is 18.7 Å². The maximum Gasteiger partial charge on any atom is 0.322 e. The van der Waals surface area contributed by atoms with Gasteiger partial charge >= 0.3 is 5.97 Å². The number of benzene rings is 1. The van der Waals surface area contributed by atoms with Gasteiger partial charge in [0.15, 0.2) is 7.11 Å². The summed E-state index contributed by atoms with van der Waals surface area (Å²) < 4.78 is 68.7. The van der Waals surface area contributed by atoms with Gasteiger partial charge in [0.05, 0.1) is 8.22 Å². The third-order valence-corrected chi connectivity index (χ3v) is 2.32. The molecule has 2 rings (SSSR count). The van der Waals surface area contributed by atoms with Crippen molar-refractivity contribution in [3.8, 4) is 16.9 Å². The Labute approximate surface area is 137 Å². The predicted octanol–water partition coefficient (Wildman–Crippen LogP) is 1.92. The van der Waals surface area contributed by atoms with Gasteiger partial charge in [-0.1, -0.05) is 23.7 Å². The molecule has 0 spiro atoms. The molecule has 0 saturated carbocycles. The molecule has 1 aromatic carbocycles. The topological polar surface area (TPSA) is 99.5 Å². The number of carboxylic acid groups (broad SMARTS) is 1. The molecule has 0 aliphatic carbocycles. The number of aromatic hydroxyl groups is 1. The van der Waals surface area contributed by atoms with E-state index in [1.54, 1.807) is 0 Å². The molecule has 3 N–H and O–H groups in total. The maximum absolute atomic E-state index is 12.3. The summed E-state index contributed by atoms with van der Waals surface area (Å²) in [6.45, 7) is -0.986. The average Bonchev–Trinajstić information content (AvgIpc) is 2.71. The highest BCUT2D eigenvalue weighted by molar-refractivity contribution is 6.30. The maximum atomic E-state index is 12.3. The molecule has 108 valence electrons. The number of carbonyl (C=O) groups excluding carboxylic acids is 1. The van der Waals surface area contributed by atoms with E-state index in [1.807, 2.05) is 0 Å². The number of nitrogens with zero attached hydrogens (tertiary/aromatic N) is 1. The largest absolute Gasteiger partial charge is 0.505 e. The molecule has 0 atom stereocenters. The van der Waals surface area contributed by atoms with Gasteiger partial charge in [-0.25, -0.2) is 4.98 Å². The summed E-state index contributed by atoms with van der Waals surface area (Å²) in [5.41, 5.74) is -1.91. The van der Waals surface area contributed by atoms with E-state index in [4.69, 9.17) is 24.1 Å². The zero-order valence-corrected chi connectivity index (χ0v) is 10.9. The molecule has 0 aliphatic heterocycles. The summed E-state index contributed by atoms with van der Waals surface area (Å²) in [6.07, 6.45) is -0.837. The van der Waals surface area contributed by atoms with Crippen molar-refractivity contribution in [2.75, 3.05) is 6.54 Å². The van der Waals surface area contributed by atoms with Crippen molar-refractivity contribution in [3.63, 3.8) is 0 Å².